The van der Waals surface area contributed by atoms with E-state index in [4.69, 9.17) is 11.5 Å². The highest BCUT2D eigenvalue weighted by Gasteiger charge is 2.08. The third-order valence-electron chi connectivity index (χ3n) is 2.73. The fourth-order valence-corrected chi connectivity index (χ4v) is 1.68. The number of hydrogen-bond acceptors (Lipinski definition) is 3. The predicted octanol–water partition coefficient (Wildman–Crippen LogP) is 2.56. The minimum atomic E-state index is -0.563. The Kier molecular flexibility index (Phi) is 3.37. The van der Waals surface area contributed by atoms with Gasteiger partial charge in [0.25, 0.3) is 0 Å². The van der Waals surface area contributed by atoms with E-state index >= 15 is 0 Å². The largest absolute Gasteiger partial charge is 0.397 e. The summed E-state index contributed by atoms with van der Waals surface area (Å²) in [5.74, 6) is -0.948. The Bertz CT molecular complexity index is 641. The van der Waals surface area contributed by atoms with Crippen LogP contribution >= 0.6 is 0 Å². The van der Waals surface area contributed by atoms with Gasteiger partial charge < -0.3 is 16.8 Å². The molecule has 0 bridgehead atoms. The van der Waals surface area contributed by atoms with Crippen LogP contribution in [0.1, 0.15) is 15.9 Å². The first-order valence-electron chi connectivity index (χ1n) is 5.70. The van der Waals surface area contributed by atoms with E-state index < -0.39 is 5.91 Å². The average molecular weight is 259 g/mol. The summed E-state index contributed by atoms with van der Waals surface area (Å²) in [4.78, 5) is 11.1. The van der Waals surface area contributed by atoms with Crippen LogP contribution in [0.25, 0.3) is 0 Å². The van der Waals surface area contributed by atoms with Gasteiger partial charge >= 0.3 is 0 Å². The van der Waals surface area contributed by atoms with Crippen molar-refractivity contribution in [2.45, 2.75) is 6.92 Å². The Morgan fingerprint density at radius 3 is 2.53 bits per heavy atom. The first kappa shape index (κ1) is 12.9. The zero-order valence-corrected chi connectivity index (χ0v) is 10.4. The summed E-state index contributed by atoms with van der Waals surface area (Å²) in [7, 11) is 0. The lowest BCUT2D eigenvalue weighted by Gasteiger charge is -2.11. The number of nitrogen functional groups attached to an aromatic ring is 1. The highest BCUT2D eigenvalue weighted by molar-refractivity contribution is 5.95. The maximum atomic E-state index is 13.7. The summed E-state index contributed by atoms with van der Waals surface area (Å²) in [6.07, 6.45) is 0. The Hall–Kier alpha value is -2.56. The molecule has 0 heterocycles. The highest BCUT2D eigenvalue weighted by Crippen LogP contribution is 2.26. The Balaban J connectivity index is 2.37. The minimum absolute atomic E-state index is 0.291. The number of anilines is 3. The fourth-order valence-electron chi connectivity index (χ4n) is 1.68. The van der Waals surface area contributed by atoms with Crippen molar-refractivity contribution in [1.29, 1.82) is 0 Å². The summed E-state index contributed by atoms with van der Waals surface area (Å²) < 4.78 is 13.7. The van der Waals surface area contributed by atoms with Crippen LogP contribution in [0.4, 0.5) is 21.5 Å². The van der Waals surface area contributed by atoms with Crippen LogP contribution in [0.3, 0.4) is 0 Å². The lowest BCUT2D eigenvalue weighted by atomic mass is 10.1. The molecule has 1 amide bonds. The molecule has 2 rings (SSSR count). The molecule has 2 aromatic rings. The quantitative estimate of drug-likeness (QED) is 0.741. The summed E-state index contributed by atoms with van der Waals surface area (Å²) >= 11 is 0. The van der Waals surface area contributed by atoms with Crippen LogP contribution in [-0.2, 0) is 0 Å². The molecule has 0 aliphatic rings. The topological polar surface area (TPSA) is 81.1 Å². The average Bonchev–Trinajstić information content (AvgIpc) is 2.34. The molecule has 98 valence electrons. The fraction of sp³-hybridized carbons (Fsp3) is 0.0714. The van der Waals surface area contributed by atoms with Gasteiger partial charge in [-0.25, -0.2) is 4.39 Å². The van der Waals surface area contributed by atoms with Gasteiger partial charge in [0.2, 0.25) is 5.91 Å². The molecule has 0 saturated carbocycles. The molecule has 0 aliphatic heterocycles. The molecule has 19 heavy (non-hydrogen) atoms. The van der Waals surface area contributed by atoms with Crippen molar-refractivity contribution in [2.24, 2.45) is 5.73 Å². The maximum absolute atomic E-state index is 13.7. The molecule has 0 aromatic heterocycles. The number of primary amides is 1. The van der Waals surface area contributed by atoms with Gasteiger partial charge in [0, 0.05) is 5.56 Å². The van der Waals surface area contributed by atoms with Gasteiger partial charge in [-0.3, -0.25) is 4.79 Å². The van der Waals surface area contributed by atoms with Gasteiger partial charge in [-0.05, 0) is 42.8 Å². The van der Waals surface area contributed by atoms with E-state index in [9.17, 15) is 9.18 Å². The zero-order valence-electron chi connectivity index (χ0n) is 10.4. The van der Waals surface area contributed by atoms with E-state index in [1.165, 1.54) is 18.2 Å². The third-order valence-corrected chi connectivity index (χ3v) is 2.73. The number of rotatable bonds is 3. The molecular weight excluding hydrogens is 245 g/mol. The summed E-state index contributed by atoms with van der Waals surface area (Å²) in [5.41, 5.74) is 13.2. The van der Waals surface area contributed by atoms with Gasteiger partial charge in [-0.2, -0.15) is 0 Å². The third kappa shape index (κ3) is 2.82. The smallest absolute Gasteiger partial charge is 0.248 e. The molecule has 2 aromatic carbocycles. The standard InChI is InChI=1S/C14H14FN3O/c1-8-2-5-12(10(15)6-8)18-13-7-9(14(17)19)3-4-11(13)16/h2-7,18H,16H2,1H3,(H2,17,19). The molecule has 5 heteroatoms. The van der Waals surface area contributed by atoms with Gasteiger partial charge in [0.1, 0.15) is 5.82 Å². The van der Waals surface area contributed by atoms with E-state index in [2.05, 4.69) is 5.32 Å². The number of amides is 1. The first-order valence-corrected chi connectivity index (χ1v) is 5.70. The summed E-state index contributed by atoms with van der Waals surface area (Å²) in [6, 6.07) is 9.37. The van der Waals surface area contributed by atoms with Gasteiger partial charge in [-0.15, -0.1) is 0 Å². The number of halogens is 1. The molecule has 0 fully saturated rings. The van der Waals surface area contributed by atoms with Crippen molar-refractivity contribution in [2.75, 3.05) is 11.1 Å². The molecule has 0 spiro atoms. The second-order valence-corrected chi connectivity index (χ2v) is 4.27. The zero-order chi connectivity index (χ0) is 14.0. The molecule has 0 saturated heterocycles. The second kappa shape index (κ2) is 4.97. The molecule has 0 aliphatic carbocycles. The molecule has 0 atom stereocenters. The lowest BCUT2D eigenvalue weighted by molar-refractivity contribution is 0.100. The number of aryl methyl sites for hydroxylation is 1. The van der Waals surface area contributed by atoms with E-state index in [0.29, 0.717) is 22.6 Å². The summed E-state index contributed by atoms with van der Waals surface area (Å²) in [6.45, 7) is 1.80. The Morgan fingerprint density at radius 2 is 1.89 bits per heavy atom. The molecule has 5 N–H and O–H groups in total. The van der Waals surface area contributed by atoms with Crippen molar-refractivity contribution >= 4 is 23.0 Å². The van der Waals surface area contributed by atoms with Crippen LogP contribution in [0.2, 0.25) is 0 Å². The van der Waals surface area contributed by atoms with Crippen molar-refractivity contribution in [3.05, 3.63) is 53.3 Å². The van der Waals surface area contributed by atoms with Crippen LogP contribution in [0, 0.1) is 12.7 Å². The number of benzene rings is 2. The van der Waals surface area contributed by atoms with E-state index in [1.54, 1.807) is 25.1 Å². The number of carbonyl (C=O) groups excluding carboxylic acids is 1. The SMILES string of the molecule is Cc1ccc(Nc2cc(C(N)=O)ccc2N)c(F)c1. The maximum Gasteiger partial charge on any atom is 0.248 e. The van der Waals surface area contributed by atoms with Crippen molar-refractivity contribution in [1.82, 2.24) is 0 Å². The van der Waals surface area contributed by atoms with Crippen LogP contribution in [0.15, 0.2) is 36.4 Å². The lowest BCUT2D eigenvalue weighted by Crippen LogP contribution is -2.11. The number of nitrogens with two attached hydrogens (primary N) is 2. The van der Waals surface area contributed by atoms with E-state index in [1.807, 2.05) is 0 Å². The molecule has 4 nitrogen and oxygen atoms in total. The second-order valence-electron chi connectivity index (χ2n) is 4.27. The van der Waals surface area contributed by atoms with Crippen LogP contribution < -0.4 is 16.8 Å². The van der Waals surface area contributed by atoms with Gasteiger partial charge in [0.05, 0.1) is 17.1 Å². The number of hydrogen-bond donors (Lipinski definition) is 3. The first-order chi connectivity index (χ1) is 8.97. The van der Waals surface area contributed by atoms with Crippen molar-refractivity contribution in [3.63, 3.8) is 0 Å². The summed E-state index contributed by atoms with van der Waals surface area (Å²) in [5, 5.41) is 2.86. The predicted molar refractivity (Wildman–Crippen MR) is 73.8 cm³/mol. The Labute approximate surface area is 110 Å². The van der Waals surface area contributed by atoms with E-state index in [-0.39, 0.29) is 5.82 Å². The van der Waals surface area contributed by atoms with Crippen LogP contribution in [-0.4, -0.2) is 5.91 Å². The monoisotopic (exact) mass is 259 g/mol. The highest BCUT2D eigenvalue weighted by atomic mass is 19.1. The molecular formula is C14H14FN3O. The minimum Gasteiger partial charge on any atom is -0.397 e. The van der Waals surface area contributed by atoms with Crippen LogP contribution in [0.5, 0.6) is 0 Å². The normalized spacial score (nSPS) is 10.2. The van der Waals surface area contributed by atoms with Crippen molar-refractivity contribution < 1.29 is 9.18 Å². The molecule has 0 radical (unpaired) electrons. The van der Waals surface area contributed by atoms with Crippen molar-refractivity contribution in [3.8, 4) is 0 Å². The van der Waals surface area contributed by atoms with Gasteiger partial charge in [0.15, 0.2) is 0 Å². The molecule has 0 unspecified atom stereocenters. The number of carbonyl (C=O) groups is 1. The van der Waals surface area contributed by atoms with Gasteiger partial charge in [-0.1, -0.05) is 6.07 Å². The Morgan fingerprint density at radius 1 is 1.16 bits per heavy atom. The number of nitrogens with one attached hydrogen (secondary N) is 1. The van der Waals surface area contributed by atoms with E-state index in [0.717, 1.165) is 5.56 Å².